The van der Waals surface area contributed by atoms with Gasteiger partial charge in [0.15, 0.2) is 5.92 Å². The zero-order valence-electron chi connectivity index (χ0n) is 8.62. The highest BCUT2D eigenvalue weighted by Gasteiger charge is 2.45. The number of benzene rings is 1. The summed E-state index contributed by atoms with van der Waals surface area (Å²) in [5.41, 5.74) is 0.454. The summed E-state index contributed by atoms with van der Waals surface area (Å²) in [6, 6.07) is 8.04. The molecule has 0 aromatic heterocycles. The van der Waals surface area contributed by atoms with Crippen LogP contribution in [0.1, 0.15) is 5.56 Å². The van der Waals surface area contributed by atoms with E-state index in [0.29, 0.717) is 5.56 Å². The van der Waals surface area contributed by atoms with Crippen molar-refractivity contribution in [2.24, 2.45) is 5.92 Å². The first-order chi connectivity index (χ1) is 7.45. The quantitative estimate of drug-likeness (QED) is 0.749. The van der Waals surface area contributed by atoms with Crippen molar-refractivity contribution in [3.8, 4) is 0 Å². The van der Waals surface area contributed by atoms with E-state index >= 15 is 0 Å². The third kappa shape index (κ3) is 3.25. The van der Waals surface area contributed by atoms with Crippen molar-refractivity contribution in [2.75, 3.05) is 7.11 Å². The van der Waals surface area contributed by atoms with E-state index in [1.165, 1.54) is 0 Å². The summed E-state index contributed by atoms with van der Waals surface area (Å²) in [4.78, 5) is 11.0. The lowest BCUT2D eigenvalue weighted by atomic mass is 9.99. The van der Waals surface area contributed by atoms with Crippen LogP contribution in [-0.4, -0.2) is 19.3 Å². The van der Waals surface area contributed by atoms with Crippen LogP contribution in [0.15, 0.2) is 30.3 Å². The maximum Gasteiger partial charge on any atom is 0.402 e. The van der Waals surface area contributed by atoms with Crippen molar-refractivity contribution in [3.63, 3.8) is 0 Å². The molecule has 5 heteroatoms. The van der Waals surface area contributed by atoms with Crippen molar-refractivity contribution in [1.82, 2.24) is 0 Å². The second kappa shape index (κ2) is 5.01. The van der Waals surface area contributed by atoms with Crippen LogP contribution in [-0.2, 0) is 16.0 Å². The molecule has 0 N–H and O–H groups in total. The summed E-state index contributed by atoms with van der Waals surface area (Å²) >= 11 is 0. The van der Waals surface area contributed by atoms with Gasteiger partial charge in [-0.3, -0.25) is 4.79 Å². The Balaban J connectivity index is 2.84. The molecule has 88 valence electrons. The molecule has 0 heterocycles. The zero-order valence-corrected chi connectivity index (χ0v) is 8.62. The normalized spacial score (nSPS) is 13.2. The molecule has 0 amide bonds. The predicted octanol–water partition coefficient (Wildman–Crippen LogP) is 2.58. The maximum absolute atomic E-state index is 12.5. The second-order valence-electron chi connectivity index (χ2n) is 3.31. The molecule has 1 aromatic carbocycles. The monoisotopic (exact) mass is 232 g/mol. The molecule has 1 unspecified atom stereocenters. The van der Waals surface area contributed by atoms with Gasteiger partial charge in [-0.05, 0) is 12.0 Å². The molecule has 1 atom stereocenters. The van der Waals surface area contributed by atoms with Crippen molar-refractivity contribution in [3.05, 3.63) is 35.9 Å². The summed E-state index contributed by atoms with van der Waals surface area (Å²) in [5.74, 6) is -3.35. The van der Waals surface area contributed by atoms with Gasteiger partial charge in [0.05, 0.1) is 7.11 Å². The molecular formula is C11H11F3O2. The van der Waals surface area contributed by atoms with Crippen LogP contribution in [0.3, 0.4) is 0 Å². The Morgan fingerprint density at radius 3 is 2.31 bits per heavy atom. The summed E-state index contributed by atoms with van der Waals surface area (Å²) in [7, 11) is 0.950. The van der Waals surface area contributed by atoms with Crippen molar-refractivity contribution in [2.45, 2.75) is 12.6 Å². The lowest BCUT2D eigenvalue weighted by Gasteiger charge is -2.17. The average Bonchev–Trinajstić information content (AvgIpc) is 2.25. The first-order valence-electron chi connectivity index (χ1n) is 4.63. The Morgan fingerprint density at radius 1 is 1.31 bits per heavy atom. The number of esters is 1. The van der Waals surface area contributed by atoms with Gasteiger partial charge in [-0.2, -0.15) is 13.2 Å². The van der Waals surface area contributed by atoms with Gasteiger partial charge < -0.3 is 4.74 Å². The summed E-state index contributed by atoms with van der Waals surface area (Å²) in [5, 5.41) is 0. The number of rotatable bonds is 3. The van der Waals surface area contributed by atoms with Crippen LogP contribution in [0.2, 0.25) is 0 Å². The molecule has 0 aliphatic carbocycles. The van der Waals surface area contributed by atoms with Crippen LogP contribution in [0, 0.1) is 5.92 Å². The van der Waals surface area contributed by atoms with Crippen molar-refractivity contribution >= 4 is 5.97 Å². The average molecular weight is 232 g/mol. The molecule has 1 aromatic rings. The molecule has 0 aliphatic heterocycles. The molecule has 2 nitrogen and oxygen atoms in total. The van der Waals surface area contributed by atoms with E-state index in [2.05, 4.69) is 4.74 Å². The van der Waals surface area contributed by atoms with Gasteiger partial charge in [-0.15, -0.1) is 0 Å². The lowest BCUT2D eigenvalue weighted by Crippen LogP contribution is -2.33. The standard InChI is InChI=1S/C11H11F3O2/c1-16-10(15)9(11(12,13)14)7-8-5-3-2-4-6-8/h2-6,9H,7H2,1H3. The minimum Gasteiger partial charge on any atom is -0.469 e. The number of hydrogen-bond donors (Lipinski definition) is 0. The zero-order chi connectivity index (χ0) is 12.2. The molecule has 0 saturated heterocycles. The smallest absolute Gasteiger partial charge is 0.402 e. The van der Waals surface area contributed by atoms with E-state index in [0.717, 1.165) is 7.11 Å². The minimum absolute atomic E-state index is 0.392. The molecule has 0 radical (unpaired) electrons. The number of carbonyl (C=O) groups excluding carboxylic acids is 1. The number of alkyl halides is 3. The number of carbonyl (C=O) groups is 1. The fourth-order valence-corrected chi connectivity index (χ4v) is 1.32. The molecule has 0 fully saturated rings. The van der Waals surface area contributed by atoms with Gasteiger partial charge in [0.2, 0.25) is 0 Å². The molecule has 16 heavy (non-hydrogen) atoms. The molecule has 0 saturated carbocycles. The lowest BCUT2D eigenvalue weighted by molar-refractivity contribution is -0.195. The van der Waals surface area contributed by atoms with Crippen molar-refractivity contribution < 1.29 is 22.7 Å². The molecule has 1 rings (SSSR count). The van der Waals surface area contributed by atoms with E-state index < -0.39 is 24.5 Å². The van der Waals surface area contributed by atoms with Gasteiger partial charge >= 0.3 is 12.1 Å². The Kier molecular flexibility index (Phi) is 3.93. The van der Waals surface area contributed by atoms with Gasteiger partial charge in [0.25, 0.3) is 0 Å². The molecule has 0 aliphatic rings. The highest BCUT2D eigenvalue weighted by atomic mass is 19.4. The van der Waals surface area contributed by atoms with Crippen LogP contribution >= 0.6 is 0 Å². The highest BCUT2D eigenvalue weighted by molar-refractivity contribution is 5.73. The Hall–Kier alpha value is -1.52. The van der Waals surface area contributed by atoms with Crippen LogP contribution in [0.25, 0.3) is 0 Å². The van der Waals surface area contributed by atoms with Gasteiger partial charge in [0, 0.05) is 0 Å². The van der Waals surface area contributed by atoms with Crippen LogP contribution in [0.4, 0.5) is 13.2 Å². The summed E-state index contributed by atoms with van der Waals surface area (Å²) < 4.78 is 41.8. The maximum atomic E-state index is 12.5. The number of halogens is 3. The SMILES string of the molecule is COC(=O)C(Cc1ccccc1)C(F)(F)F. The first-order valence-corrected chi connectivity index (χ1v) is 4.63. The summed E-state index contributed by atoms with van der Waals surface area (Å²) in [6.45, 7) is 0. The van der Waals surface area contributed by atoms with E-state index in [-0.39, 0.29) is 0 Å². The van der Waals surface area contributed by atoms with Crippen LogP contribution in [0.5, 0.6) is 0 Å². The highest BCUT2D eigenvalue weighted by Crippen LogP contribution is 2.30. The molecule has 0 spiro atoms. The second-order valence-corrected chi connectivity index (χ2v) is 3.31. The number of methoxy groups -OCH3 is 1. The third-order valence-electron chi connectivity index (χ3n) is 2.16. The topological polar surface area (TPSA) is 26.3 Å². The number of hydrogen-bond acceptors (Lipinski definition) is 2. The van der Waals surface area contributed by atoms with E-state index in [9.17, 15) is 18.0 Å². The van der Waals surface area contributed by atoms with Crippen molar-refractivity contribution in [1.29, 1.82) is 0 Å². The largest absolute Gasteiger partial charge is 0.469 e. The van der Waals surface area contributed by atoms with E-state index in [1.54, 1.807) is 30.3 Å². The van der Waals surface area contributed by atoms with Gasteiger partial charge in [-0.25, -0.2) is 0 Å². The fraction of sp³-hybridized carbons (Fsp3) is 0.364. The first kappa shape index (κ1) is 12.5. The van der Waals surface area contributed by atoms with Crippen LogP contribution < -0.4 is 0 Å². The Morgan fingerprint density at radius 2 is 1.88 bits per heavy atom. The third-order valence-corrected chi connectivity index (χ3v) is 2.16. The fourth-order valence-electron chi connectivity index (χ4n) is 1.32. The molecule has 0 bridgehead atoms. The van der Waals surface area contributed by atoms with E-state index in [1.807, 2.05) is 0 Å². The Labute approximate surface area is 91.0 Å². The minimum atomic E-state index is -4.58. The summed E-state index contributed by atoms with van der Waals surface area (Å²) in [6.07, 6.45) is -4.97. The van der Waals surface area contributed by atoms with E-state index in [4.69, 9.17) is 0 Å². The Bertz CT molecular complexity index is 346. The number of ether oxygens (including phenoxy) is 1. The van der Waals surface area contributed by atoms with Gasteiger partial charge in [-0.1, -0.05) is 30.3 Å². The molecular weight excluding hydrogens is 221 g/mol. The van der Waals surface area contributed by atoms with Gasteiger partial charge in [0.1, 0.15) is 0 Å². The predicted molar refractivity (Wildman–Crippen MR) is 51.7 cm³/mol.